The molecule has 0 saturated carbocycles. The Labute approximate surface area is 119 Å². The zero-order chi connectivity index (χ0) is 15.3. The molecule has 20 heavy (non-hydrogen) atoms. The molecule has 0 saturated heterocycles. The Bertz CT molecular complexity index is 477. The van der Waals surface area contributed by atoms with Crippen LogP contribution in [0.5, 0.6) is 0 Å². The highest BCUT2D eigenvalue weighted by Gasteiger charge is 2.35. The fraction of sp³-hybridized carbons (Fsp3) is 0.462. The van der Waals surface area contributed by atoms with Gasteiger partial charge in [0.1, 0.15) is 0 Å². The molecule has 0 heterocycles. The van der Waals surface area contributed by atoms with Gasteiger partial charge in [-0.05, 0) is 30.9 Å². The summed E-state index contributed by atoms with van der Waals surface area (Å²) in [7, 11) is 0. The molecule has 1 rings (SSSR count). The molecule has 0 spiro atoms. The van der Waals surface area contributed by atoms with E-state index in [0.717, 1.165) is 18.6 Å². The first-order valence-electron chi connectivity index (χ1n) is 5.97. The van der Waals surface area contributed by atoms with Gasteiger partial charge in [-0.15, -0.1) is 0 Å². The van der Waals surface area contributed by atoms with Crippen LogP contribution in [0.4, 0.5) is 18.9 Å². The van der Waals surface area contributed by atoms with Gasteiger partial charge in [-0.3, -0.25) is 0 Å². The minimum absolute atomic E-state index is 0.378. The van der Waals surface area contributed by atoms with E-state index in [2.05, 4.69) is 5.32 Å². The number of anilines is 1. The molecule has 7 heteroatoms. The van der Waals surface area contributed by atoms with Crippen molar-refractivity contribution in [2.24, 2.45) is 0 Å². The first-order valence-corrected chi connectivity index (χ1v) is 7.25. The number of carbonyl (C=O) groups is 1. The van der Waals surface area contributed by atoms with Gasteiger partial charge in [0.25, 0.3) is 0 Å². The summed E-state index contributed by atoms with van der Waals surface area (Å²) in [6, 6.07) is 3.07. The van der Waals surface area contributed by atoms with E-state index in [0.29, 0.717) is 17.5 Å². The average Bonchev–Trinajstić information content (AvgIpc) is 2.37. The molecular formula is C13H16F3NO2S. The summed E-state index contributed by atoms with van der Waals surface area (Å²) >= 11 is 1.69. The summed E-state index contributed by atoms with van der Waals surface area (Å²) in [6.45, 7) is 2.62. The maximum atomic E-state index is 12.7. The minimum atomic E-state index is -4.67. The van der Waals surface area contributed by atoms with E-state index in [1.807, 2.05) is 13.2 Å². The van der Waals surface area contributed by atoms with Crippen molar-refractivity contribution in [3.63, 3.8) is 0 Å². The van der Waals surface area contributed by atoms with E-state index in [9.17, 15) is 18.0 Å². The molecule has 1 unspecified atom stereocenters. The average molecular weight is 307 g/mol. The Morgan fingerprint density at radius 2 is 2.10 bits per heavy atom. The van der Waals surface area contributed by atoms with Crippen molar-refractivity contribution in [1.29, 1.82) is 0 Å². The van der Waals surface area contributed by atoms with Gasteiger partial charge in [-0.2, -0.15) is 24.9 Å². The van der Waals surface area contributed by atoms with Crippen molar-refractivity contribution in [3.05, 3.63) is 29.3 Å². The van der Waals surface area contributed by atoms with Gasteiger partial charge < -0.3 is 10.4 Å². The predicted octanol–water partition coefficient (Wildman–Crippen LogP) is 3.96. The van der Waals surface area contributed by atoms with Crippen molar-refractivity contribution in [2.45, 2.75) is 24.8 Å². The third kappa shape index (κ3) is 4.63. The summed E-state index contributed by atoms with van der Waals surface area (Å²) in [5, 5.41) is 12.2. The third-order valence-corrected chi connectivity index (χ3v) is 3.88. The van der Waals surface area contributed by atoms with Gasteiger partial charge in [0.05, 0.1) is 11.1 Å². The molecule has 0 aliphatic carbocycles. The third-order valence-electron chi connectivity index (χ3n) is 2.84. The molecule has 0 aromatic heterocycles. The van der Waals surface area contributed by atoms with Gasteiger partial charge in [-0.25, -0.2) is 4.79 Å². The predicted molar refractivity (Wildman–Crippen MR) is 74.5 cm³/mol. The Kier molecular flexibility index (Phi) is 5.74. The molecule has 1 atom stereocenters. The van der Waals surface area contributed by atoms with Crippen LogP contribution < -0.4 is 5.32 Å². The van der Waals surface area contributed by atoms with E-state index < -0.39 is 23.3 Å². The zero-order valence-corrected chi connectivity index (χ0v) is 11.9. The van der Waals surface area contributed by atoms with Gasteiger partial charge in [0.2, 0.25) is 0 Å². The van der Waals surface area contributed by atoms with Crippen LogP contribution in [-0.4, -0.2) is 29.1 Å². The van der Waals surface area contributed by atoms with Crippen molar-refractivity contribution in [2.75, 3.05) is 18.1 Å². The van der Waals surface area contributed by atoms with E-state index in [-0.39, 0.29) is 0 Å². The Balaban J connectivity index is 2.86. The molecule has 112 valence electrons. The van der Waals surface area contributed by atoms with Gasteiger partial charge >= 0.3 is 12.1 Å². The molecule has 1 aromatic rings. The number of hydrogen-bond acceptors (Lipinski definition) is 3. The lowest BCUT2D eigenvalue weighted by Crippen LogP contribution is -2.14. The number of thioether (sulfide) groups is 1. The molecular weight excluding hydrogens is 291 g/mol. The van der Waals surface area contributed by atoms with E-state index >= 15 is 0 Å². The van der Waals surface area contributed by atoms with Crippen LogP contribution in [0.15, 0.2) is 18.2 Å². The second-order valence-corrected chi connectivity index (χ2v) is 5.60. The Morgan fingerprint density at radius 3 is 2.60 bits per heavy atom. The summed E-state index contributed by atoms with van der Waals surface area (Å²) in [5.74, 6) is -1.58. The monoisotopic (exact) mass is 307 g/mol. The number of carboxylic acid groups (broad SMARTS) is 1. The molecule has 0 aliphatic heterocycles. The molecule has 0 bridgehead atoms. The number of nitrogens with one attached hydrogen (secondary N) is 1. The highest BCUT2D eigenvalue weighted by Crippen LogP contribution is 2.33. The standard InChI is InChI=1S/C13H16F3NO2S/c1-8(20-2)5-6-17-9-3-4-11(13(14,15)16)10(7-9)12(18)19/h3-4,7-8,17H,5-6H2,1-2H3,(H,18,19). The van der Waals surface area contributed by atoms with E-state index in [4.69, 9.17) is 5.11 Å². The van der Waals surface area contributed by atoms with E-state index in [1.54, 1.807) is 11.8 Å². The topological polar surface area (TPSA) is 49.3 Å². The summed E-state index contributed by atoms with van der Waals surface area (Å²) in [6.07, 6.45) is -1.85. The van der Waals surface area contributed by atoms with Crippen LogP contribution in [0.3, 0.4) is 0 Å². The maximum Gasteiger partial charge on any atom is 0.417 e. The number of hydrogen-bond donors (Lipinski definition) is 2. The fourth-order valence-electron chi connectivity index (χ4n) is 1.62. The minimum Gasteiger partial charge on any atom is -0.478 e. The summed E-state index contributed by atoms with van der Waals surface area (Å²) < 4.78 is 38.0. The molecule has 2 N–H and O–H groups in total. The second-order valence-electron chi connectivity index (χ2n) is 4.33. The summed E-state index contributed by atoms with van der Waals surface area (Å²) in [4.78, 5) is 10.9. The van der Waals surface area contributed by atoms with Crippen LogP contribution in [0.2, 0.25) is 0 Å². The lowest BCUT2D eigenvalue weighted by atomic mass is 10.1. The number of aromatic carboxylic acids is 1. The maximum absolute atomic E-state index is 12.7. The first kappa shape index (κ1) is 16.7. The first-order chi connectivity index (χ1) is 9.25. The molecule has 0 aliphatic rings. The lowest BCUT2D eigenvalue weighted by molar-refractivity contribution is -0.138. The second kappa shape index (κ2) is 6.88. The molecule has 0 fully saturated rings. The SMILES string of the molecule is CSC(C)CCNc1ccc(C(F)(F)F)c(C(=O)O)c1. The molecule has 0 radical (unpaired) electrons. The van der Waals surface area contributed by atoms with Crippen LogP contribution in [-0.2, 0) is 6.18 Å². The number of alkyl halides is 3. The van der Waals surface area contributed by atoms with Crippen molar-refractivity contribution < 1.29 is 23.1 Å². The molecule has 1 aromatic carbocycles. The highest BCUT2D eigenvalue weighted by atomic mass is 32.2. The molecule has 0 amide bonds. The van der Waals surface area contributed by atoms with Crippen molar-refractivity contribution in [3.8, 4) is 0 Å². The highest BCUT2D eigenvalue weighted by molar-refractivity contribution is 7.99. The Morgan fingerprint density at radius 1 is 1.45 bits per heavy atom. The number of rotatable bonds is 6. The van der Waals surface area contributed by atoms with Crippen molar-refractivity contribution in [1.82, 2.24) is 0 Å². The largest absolute Gasteiger partial charge is 0.478 e. The number of benzene rings is 1. The smallest absolute Gasteiger partial charge is 0.417 e. The van der Waals surface area contributed by atoms with Crippen molar-refractivity contribution >= 4 is 23.4 Å². The van der Waals surface area contributed by atoms with Crippen LogP contribution in [0.1, 0.15) is 29.3 Å². The fourth-order valence-corrected chi connectivity index (χ4v) is 1.97. The molecule has 3 nitrogen and oxygen atoms in total. The lowest BCUT2D eigenvalue weighted by Gasteiger charge is -2.14. The normalized spacial score (nSPS) is 13.1. The Hall–Kier alpha value is -1.37. The van der Waals surface area contributed by atoms with Crippen LogP contribution >= 0.6 is 11.8 Å². The van der Waals surface area contributed by atoms with Gasteiger partial charge in [0.15, 0.2) is 0 Å². The number of carboxylic acids is 1. The quantitative estimate of drug-likeness (QED) is 0.835. The number of halogens is 3. The van der Waals surface area contributed by atoms with E-state index in [1.165, 1.54) is 6.07 Å². The zero-order valence-electron chi connectivity index (χ0n) is 11.1. The van der Waals surface area contributed by atoms with Crippen LogP contribution in [0.25, 0.3) is 0 Å². The van der Waals surface area contributed by atoms with Crippen LogP contribution in [0, 0.1) is 0 Å². The van der Waals surface area contributed by atoms with Gasteiger partial charge in [-0.1, -0.05) is 6.92 Å². The van der Waals surface area contributed by atoms with Gasteiger partial charge in [0, 0.05) is 17.5 Å². The summed E-state index contributed by atoms with van der Waals surface area (Å²) in [5.41, 5.74) is -1.49.